The van der Waals surface area contributed by atoms with Crippen molar-refractivity contribution in [2.75, 3.05) is 45.9 Å². The fourth-order valence-electron chi connectivity index (χ4n) is 6.86. The highest BCUT2D eigenvalue weighted by atomic mass is 16.7. The Hall–Kier alpha value is -4.58. The Morgan fingerprint density at radius 3 is 2.17 bits per heavy atom. The van der Waals surface area contributed by atoms with Crippen LogP contribution in [0.2, 0.25) is 0 Å². The second-order valence-corrected chi connectivity index (χ2v) is 13.5. The van der Waals surface area contributed by atoms with E-state index in [9.17, 15) is 14.7 Å². The van der Waals surface area contributed by atoms with Gasteiger partial charge in [-0.25, -0.2) is 4.79 Å². The molecule has 2 aliphatic heterocycles. The molecule has 4 unspecified atom stereocenters. The van der Waals surface area contributed by atoms with Crippen LogP contribution in [0, 0.1) is 5.92 Å². The summed E-state index contributed by atoms with van der Waals surface area (Å²) in [7, 11) is 0. The summed E-state index contributed by atoms with van der Waals surface area (Å²) in [6.07, 6.45) is -0.754. The number of rotatable bonds is 13. The number of aliphatic hydroxyl groups excluding tert-OH is 1. The smallest absolute Gasteiger partial charge is 0.325 e. The summed E-state index contributed by atoms with van der Waals surface area (Å²) >= 11 is 0. The van der Waals surface area contributed by atoms with Gasteiger partial charge in [-0.3, -0.25) is 14.6 Å². The summed E-state index contributed by atoms with van der Waals surface area (Å²) in [5.74, 6) is -0.362. The molecule has 52 heavy (non-hydrogen) atoms. The Bertz CT molecular complexity index is 1730. The number of hydrogen-bond acceptors (Lipinski definition) is 8. The molecular formula is C42H50N4O6. The summed E-state index contributed by atoms with van der Waals surface area (Å²) in [6, 6.07) is 34.5. The van der Waals surface area contributed by atoms with Crippen LogP contribution in [0.1, 0.15) is 54.1 Å². The van der Waals surface area contributed by atoms with Crippen molar-refractivity contribution in [2.45, 2.75) is 52.0 Å². The van der Waals surface area contributed by atoms with Crippen LogP contribution < -0.4 is 10.6 Å². The number of nitrogens with zero attached hydrogens (tertiary/aromatic N) is 2. The molecule has 2 amide bonds. The van der Waals surface area contributed by atoms with Crippen molar-refractivity contribution in [3.05, 3.63) is 131 Å². The van der Waals surface area contributed by atoms with Crippen LogP contribution in [0.3, 0.4) is 0 Å². The van der Waals surface area contributed by atoms with Gasteiger partial charge in [0, 0.05) is 57.3 Å². The molecule has 0 radical (unpaired) electrons. The summed E-state index contributed by atoms with van der Waals surface area (Å²) < 4.78 is 18.4. The topological polar surface area (TPSA) is 113 Å². The Labute approximate surface area is 306 Å². The third kappa shape index (κ3) is 10.1. The van der Waals surface area contributed by atoms with Crippen molar-refractivity contribution in [3.63, 3.8) is 0 Å². The number of amides is 2. The summed E-state index contributed by atoms with van der Waals surface area (Å²) in [4.78, 5) is 28.7. The van der Waals surface area contributed by atoms with Crippen LogP contribution in [0.25, 0.3) is 11.1 Å². The molecule has 2 aliphatic rings. The average molecular weight is 707 g/mol. The van der Waals surface area contributed by atoms with Crippen LogP contribution in [0.15, 0.2) is 103 Å². The Morgan fingerprint density at radius 2 is 1.46 bits per heavy atom. The Balaban J connectivity index is 1.11. The standard InChI is InChI=1S/C42H50N4O6/c1-3-50-39(48)26-44-42(49)43-25-33-10-7-11-37(24-33)34-16-18-36(19-17-34)41-51-38(30(2)40(52-41)35-14-12-32(29-47)13-15-35)28-46-22-20-45(21-23-46)27-31-8-5-4-6-9-31/h4-19,24,30,38,40-41,47H,3,20-23,25-29H2,1-2H3,(H2,43,44,49). The van der Waals surface area contributed by atoms with E-state index in [1.807, 2.05) is 36.4 Å². The molecule has 3 N–H and O–H groups in total. The number of esters is 1. The highest BCUT2D eigenvalue weighted by Gasteiger charge is 2.39. The zero-order valence-corrected chi connectivity index (χ0v) is 30.1. The first-order chi connectivity index (χ1) is 25.4. The number of carbonyl (C=O) groups excluding carboxylic acids is 2. The fourth-order valence-corrected chi connectivity index (χ4v) is 6.86. The average Bonchev–Trinajstić information content (AvgIpc) is 3.18. The van der Waals surface area contributed by atoms with E-state index in [4.69, 9.17) is 14.2 Å². The molecule has 6 rings (SSSR count). The van der Waals surface area contributed by atoms with Crippen LogP contribution >= 0.6 is 0 Å². The lowest BCUT2D eigenvalue weighted by molar-refractivity contribution is -0.276. The van der Waals surface area contributed by atoms with E-state index in [-0.39, 0.29) is 37.9 Å². The van der Waals surface area contributed by atoms with Gasteiger partial charge in [0.15, 0.2) is 6.29 Å². The minimum atomic E-state index is -0.541. The lowest BCUT2D eigenvalue weighted by Gasteiger charge is -2.44. The molecule has 0 spiro atoms. The minimum absolute atomic E-state index is 0.00416. The third-order valence-corrected chi connectivity index (χ3v) is 9.87. The van der Waals surface area contributed by atoms with E-state index >= 15 is 0 Å². The van der Waals surface area contributed by atoms with Crippen LogP contribution in [-0.4, -0.2) is 78.9 Å². The SMILES string of the molecule is CCOC(=O)CNC(=O)NCc1cccc(-c2ccc(C3OC(CN4CCN(Cc5ccccc5)CC4)C(C)C(c4ccc(CO)cc4)O3)cc2)c1. The van der Waals surface area contributed by atoms with Crippen LogP contribution in [-0.2, 0) is 38.7 Å². The lowest BCUT2D eigenvalue weighted by atomic mass is 9.89. The largest absolute Gasteiger partial charge is 0.465 e. The number of carbonyl (C=O) groups is 2. The van der Waals surface area contributed by atoms with Crippen molar-refractivity contribution >= 4 is 12.0 Å². The maximum absolute atomic E-state index is 12.2. The van der Waals surface area contributed by atoms with Gasteiger partial charge in [-0.2, -0.15) is 0 Å². The van der Waals surface area contributed by atoms with Gasteiger partial charge in [0.1, 0.15) is 6.54 Å². The van der Waals surface area contributed by atoms with E-state index in [0.717, 1.165) is 72.6 Å². The number of aliphatic hydroxyl groups is 1. The monoisotopic (exact) mass is 706 g/mol. The Kier molecular flexibility index (Phi) is 13.1. The van der Waals surface area contributed by atoms with Gasteiger partial charge in [-0.05, 0) is 46.4 Å². The summed E-state index contributed by atoms with van der Waals surface area (Å²) in [5.41, 5.74) is 7.22. The first-order valence-electron chi connectivity index (χ1n) is 18.2. The molecule has 0 aromatic heterocycles. The normalized spacial score (nSPS) is 21.0. The van der Waals surface area contributed by atoms with E-state index in [1.54, 1.807) is 6.92 Å². The number of ether oxygens (including phenoxy) is 3. The molecule has 0 aliphatic carbocycles. The Morgan fingerprint density at radius 1 is 0.769 bits per heavy atom. The van der Waals surface area contributed by atoms with E-state index in [1.165, 1.54) is 5.56 Å². The van der Waals surface area contributed by atoms with Gasteiger partial charge in [0.25, 0.3) is 0 Å². The van der Waals surface area contributed by atoms with Crippen molar-refractivity contribution in [1.29, 1.82) is 0 Å². The lowest BCUT2D eigenvalue weighted by Crippen LogP contribution is -2.51. The quantitative estimate of drug-likeness (QED) is 0.149. The van der Waals surface area contributed by atoms with Gasteiger partial charge >= 0.3 is 12.0 Å². The van der Waals surface area contributed by atoms with E-state index < -0.39 is 18.3 Å². The third-order valence-electron chi connectivity index (χ3n) is 9.87. The van der Waals surface area contributed by atoms with Crippen molar-refractivity contribution in [1.82, 2.24) is 20.4 Å². The molecule has 4 atom stereocenters. The first kappa shape index (κ1) is 37.2. The number of nitrogens with one attached hydrogen (secondary N) is 2. The predicted octanol–water partition coefficient (Wildman–Crippen LogP) is 5.82. The molecule has 274 valence electrons. The van der Waals surface area contributed by atoms with Gasteiger partial charge in [0.05, 0.1) is 25.4 Å². The van der Waals surface area contributed by atoms with Crippen molar-refractivity contribution in [3.8, 4) is 11.1 Å². The highest BCUT2D eigenvalue weighted by Crippen LogP contribution is 2.42. The highest BCUT2D eigenvalue weighted by molar-refractivity contribution is 5.80. The van der Waals surface area contributed by atoms with Gasteiger partial charge in [0.2, 0.25) is 0 Å². The molecular weight excluding hydrogens is 656 g/mol. The summed E-state index contributed by atoms with van der Waals surface area (Å²) in [6.45, 7) is 10.2. The molecule has 10 nitrogen and oxygen atoms in total. The maximum atomic E-state index is 12.2. The molecule has 2 saturated heterocycles. The van der Waals surface area contributed by atoms with Gasteiger partial charge < -0.3 is 30.0 Å². The molecule has 4 aromatic rings. The second kappa shape index (κ2) is 18.3. The molecule has 10 heteroatoms. The van der Waals surface area contributed by atoms with Crippen molar-refractivity contribution in [2.24, 2.45) is 5.92 Å². The molecule has 2 heterocycles. The van der Waals surface area contributed by atoms with E-state index in [2.05, 4.69) is 94.1 Å². The molecule has 0 saturated carbocycles. The van der Waals surface area contributed by atoms with Crippen LogP contribution in [0.5, 0.6) is 0 Å². The molecule has 2 fully saturated rings. The predicted molar refractivity (Wildman–Crippen MR) is 200 cm³/mol. The zero-order chi connectivity index (χ0) is 36.3. The fraction of sp³-hybridized carbons (Fsp3) is 0.381. The first-order valence-corrected chi connectivity index (χ1v) is 18.2. The van der Waals surface area contributed by atoms with Crippen molar-refractivity contribution < 1.29 is 28.9 Å². The second-order valence-electron chi connectivity index (χ2n) is 13.5. The molecule has 0 bridgehead atoms. The number of urea groups is 1. The number of hydrogen-bond donors (Lipinski definition) is 3. The van der Waals surface area contributed by atoms with E-state index in [0.29, 0.717) is 6.54 Å². The van der Waals surface area contributed by atoms with Gasteiger partial charge in [-0.1, -0.05) is 104 Å². The minimum Gasteiger partial charge on any atom is -0.465 e. The zero-order valence-electron chi connectivity index (χ0n) is 30.1. The van der Waals surface area contributed by atoms with Gasteiger partial charge in [-0.15, -0.1) is 0 Å². The number of benzene rings is 4. The molecule has 4 aromatic carbocycles. The van der Waals surface area contributed by atoms with Crippen LogP contribution in [0.4, 0.5) is 4.79 Å². The number of piperazine rings is 1. The summed E-state index contributed by atoms with van der Waals surface area (Å²) in [5, 5.41) is 14.9. The maximum Gasteiger partial charge on any atom is 0.325 e.